The van der Waals surface area contributed by atoms with Crippen LogP contribution in [0, 0.1) is 13.8 Å². The molecule has 1 N–H and O–H groups in total. The molecule has 3 nitrogen and oxygen atoms in total. The molecule has 0 aromatic heterocycles. The highest BCUT2D eigenvalue weighted by Gasteiger charge is 2.00. The Kier molecular flexibility index (Phi) is 4.83. The van der Waals surface area contributed by atoms with Crippen molar-refractivity contribution in [3.63, 3.8) is 0 Å². The molecule has 88 valence electrons. The smallest absolute Gasteiger partial charge is 0.303 e. The van der Waals surface area contributed by atoms with E-state index in [-0.39, 0.29) is 6.42 Å². The molecule has 0 aliphatic rings. The van der Waals surface area contributed by atoms with E-state index in [0.29, 0.717) is 13.0 Å². The normalized spacial score (nSPS) is 10.1. The molecular formula is C13H18O3. The average Bonchev–Trinajstić information content (AvgIpc) is 2.20. The van der Waals surface area contributed by atoms with Crippen molar-refractivity contribution < 1.29 is 14.6 Å². The summed E-state index contributed by atoms with van der Waals surface area (Å²) in [6.45, 7) is 4.64. The van der Waals surface area contributed by atoms with E-state index in [1.54, 1.807) is 0 Å². The molecule has 0 amide bonds. The van der Waals surface area contributed by atoms with Gasteiger partial charge < -0.3 is 9.84 Å². The first kappa shape index (κ1) is 12.6. The first-order valence-corrected chi connectivity index (χ1v) is 5.51. The molecule has 0 atom stereocenters. The van der Waals surface area contributed by atoms with Gasteiger partial charge in [0.15, 0.2) is 0 Å². The van der Waals surface area contributed by atoms with Crippen LogP contribution >= 0.6 is 0 Å². The van der Waals surface area contributed by atoms with Crippen molar-refractivity contribution in [2.45, 2.75) is 33.1 Å². The maximum Gasteiger partial charge on any atom is 0.303 e. The summed E-state index contributed by atoms with van der Waals surface area (Å²) in [6, 6.07) is 6.05. The molecule has 0 aliphatic heterocycles. The van der Waals surface area contributed by atoms with Gasteiger partial charge in [0.05, 0.1) is 6.61 Å². The lowest BCUT2D eigenvalue weighted by Crippen LogP contribution is -2.01. The van der Waals surface area contributed by atoms with Crippen molar-refractivity contribution in [1.29, 1.82) is 0 Å². The summed E-state index contributed by atoms with van der Waals surface area (Å²) in [5, 5.41) is 8.46. The molecule has 16 heavy (non-hydrogen) atoms. The average molecular weight is 222 g/mol. The van der Waals surface area contributed by atoms with Gasteiger partial charge in [-0.25, -0.2) is 0 Å². The second kappa shape index (κ2) is 6.16. The number of hydrogen-bond acceptors (Lipinski definition) is 2. The fraction of sp³-hybridized carbons (Fsp3) is 0.462. The molecule has 0 aliphatic carbocycles. The molecule has 1 rings (SSSR count). The van der Waals surface area contributed by atoms with Gasteiger partial charge in [0.2, 0.25) is 0 Å². The van der Waals surface area contributed by atoms with E-state index in [1.165, 1.54) is 5.56 Å². The number of ether oxygens (including phenoxy) is 1. The molecule has 0 spiro atoms. The number of carboxylic acids is 1. The van der Waals surface area contributed by atoms with E-state index in [2.05, 4.69) is 6.07 Å². The number of aliphatic carboxylic acids is 1. The van der Waals surface area contributed by atoms with Gasteiger partial charge in [0, 0.05) is 6.42 Å². The van der Waals surface area contributed by atoms with Crippen LogP contribution in [0.15, 0.2) is 18.2 Å². The Labute approximate surface area is 96.1 Å². The Morgan fingerprint density at radius 3 is 2.69 bits per heavy atom. The molecule has 0 radical (unpaired) electrons. The summed E-state index contributed by atoms with van der Waals surface area (Å²) in [6.07, 6.45) is 1.66. The maximum atomic E-state index is 10.3. The predicted molar refractivity (Wildman–Crippen MR) is 62.9 cm³/mol. The van der Waals surface area contributed by atoms with Gasteiger partial charge in [0.25, 0.3) is 0 Å². The van der Waals surface area contributed by atoms with Crippen LogP contribution in [0.5, 0.6) is 5.75 Å². The van der Waals surface area contributed by atoms with Crippen molar-refractivity contribution in [1.82, 2.24) is 0 Å². The van der Waals surface area contributed by atoms with E-state index in [9.17, 15) is 4.79 Å². The fourth-order valence-electron chi connectivity index (χ4n) is 1.52. The highest BCUT2D eigenvalue weighted by atomic mass is 16.5. The molecule has 0 bridgehead atoms. The maximum absolute atomic E-state index is 10.3. The molecule has 1 aromatic rings. The molecule has 0 fully saturated rings. The van der Waals surface area contributed by atoms with Crippen molar-refractivity contribution in [2.75, 3.05) is 6.61 Å². The van der Waals surface area contributed by atoms with Crippen LogP contribution < -0.4 is 4.74 Å². The summed E-state index contributed by atoms with van der Waals surface area (Å²) >= 11 is 0. The van der Waals surface area contributed by atoms with Crippen LogP contribution in [0.25, 0.3) is 0 Å². The van der Waals surface area contributed by atoms with Crippen LogP contribution in [-0.2, 0) is 4.79 Å². The third kappa shape index (κ3) is 4.34. The topological polar surface area (TPSA) is 46.5 Å². The standard InChI is InChI=1S/C13H18O3/c1-10-6-7-12(11(2)9-10)16-8-4-3-5-13(14)15/h6-7,9H,3-5,8H2,1-2H3,(H,14,15). The van der Waals surface area contributed by atoms with Crippen LogP contribution in [-0.4, -0.2) is 17.7 Å². The monoisotopic (exact) mass is 222 g/mol. The summed E-state index contributed by atoms with van der Waals surface area (Å²) in [5.74, 6) is 0.146. The lowest BCUT2D eigenvalue weighted by molar-refractivity contribution is -0.137. The van der Waals surface area contributed by atoms with Crippen LogP contribution in [0.3, 0.4) is 0 Å². The highest BCUT2D eigenvalue weighted by Crippen LogP contribution is 2.18. The van der Waals surface area contributed by atoms with E-state index in [4.69, 9.17) is 9.84 Å². The summed E-state index contributed by atoms with van der Waals surface area (Å²) in [4.78, 5) is 10.3. The largest absolute Gasteiger partial charge is 0.493 e. The Hall–Kier alpha value is -1.51. The summed E-state index contributed by atoms with van der Waals surface area (Å²) in [7, 11) is 0. The minimum atomic E-state index is -0.744. The van der Waals surface area contributed by atoms with Gasteiger partial charge in [-0.1, -0.05) is 17.7 Å². The third-order valence-electron chi connectivity index (χ3n) is 2.37. The molecular weight excluding hydrogens is 204 g/mol. The SMILES string of the molecule is Cc1ccc(OCCCCC(=O)O)c(C)c1. The van der Waals surface area contributed by atoms with E-state index >= 15 is 0 Å². The Balaban J connectivity index is 2.29. The number of carbonyl (C=O) groups is 1. The Morgan fingerprint density at radius 1 is 1.31 bits per heavy atom. The zero-order chi connectivity index (χ0) is 12.0. The first-order chi connectivity index (χ1) is 7.59. The van der Waals surface area contributed by atoms with Crippen molar-refractivity contribution in [3.05, 3.63) is 29.3 Å². The second-order valence-electron chi connectivity index (χ2n) is 3.97. The molecule has 0 saturated carbocycles. The first-order valence-electron chi connectivity index (χ1n) is 5.51. The molecule has 0 saturated heterocycles. The van der Waals surface area contributed by atoms with Crippen LogP contribution in [0.1, 0.15) is 30.4 Å². The second-order valence-corrected chi connectivity index (χ2v) is 3.97. The van der Waals surface area contributed by atoms with E-state index in [1.807, 2.05) is 26.0 Å². The fourth-order valence-corrected chi connectivity index (χ4v) is 1.52. The number of unbranched alkanes of at least 4 members (excludes halogenated alkanes) is 1. The van der Waals surface area contributed by atoms with Crippen molar-refractivity contribution in [3.8, 4) is 5.75 Å². The summed E-state index contributed by atoms with van der Waals surface area (Å²) in [5.41, 5.74) is 2.34. The number of carboxylic acid groups (broad SMARTS) is 1. The lowest BCUT2D eigenvalue weighted by atomic mass is 10.1. The molecule has 1 aromatic carbocycles. The molecule has 3 heteroatoms. The van der Waals surface area contributed by atoms with Crippen LogP contribution in [0.4, 0.5) is 0 Å². The molecule has 0 heterocycles. The van der Waals surface area contributed by atoms with Gasteiger partial charge in [-0.05, 0) is 38.3 Å². The quantitative estimate of drug-likeness (QED) is 0.753. The number of hydrogen-bond donors (Lipinski definition) is 1. The van der Waals surface area contributed by atoms with E-state index < -0.39 is 5.97 Å². The zero-order valence-corrected chi connectivity index (χ0v) is 9.82. The molecule has 0 unspecified atom stereocenters. The Bertz CT molecular complexity index is 358. The summed E-state index contributed by atoms with van der Waals surface area (Å²) < 4.78 is 5.58. The minimum absolute atomic E-state index is 0.218. The number of benzene rings is 1. The predicted octanol–water partition coefficient (Wildman–Crippen LogP) is 2.94. The van der Waals surface area contributed by atoms with Gasteiger partial charge >= 0.3 is 5.97 Å². The lowest BCUT2D eigenvalue weighted by Gasteiger charge is -2.09. The zero-order valence-electron chi connectivity index (χ0n) is 9.82. The van der Waals surface area contributed by atoms with Crippen molar-refractivity contribution in [2.24, 2.45) is 0 Å². The Morgan fingerprint density at radius 2 is 2.06 bits per heavy atom. The van der Waals surface area contributed by atoms with Gasteiger partial charge in [-0.15, -0.1) is 0 Å². The number of rotatable bonds is 6. The third-order valence-corrected chi connectivity index (χ3v) is 2.37. The minimum Gasteiger partial charge on any atom is -0.493 e. The van der Waals surface area contributed by atoms with Gasteiger partial charge in [0.1, 0.15) is 5.75 Å². The van der Waals surface area contributed by atoms with Gasteiger partial charge in [-0.2, -0.15) is 0 Å². The number of aryl methyl sites for hydroxylation is 2. The van der Waals surface area contributed by atoms with E-state index in [0.717, 1.165) is 17.7 Å². The van der Waals surface area contributed by atoms with Crippen molar-refractivity contribution >= 4 is 5.97 Å². The van der Waals surface area contributed by atoms with Gasteiger partial charge in [-0.3, -0.25) is 4.79 Å². The highest BCUT2D eigenvalue weighted by molar-refractivity contribution is 5.66. The van der Waals surface area contributed by atoms with Crippen LogP contribution in [0.2, 0.25) is 0 Å².